The van der Waals surface area contributed by atoms with Crippen molar-refractivity contribution in [1.29, 1.82) is 0 Å². The van der Waals surface area contributed by atoms with E-state index in [9.17, 15) is 18.0 Å². The van der Waals surface area contributed by atoms with Crippen LogP contribution in [-0.2, 0) is 19.0 Å². The van der Waals surface area contributed by atoms with Gasteiger partial charge < -0.3 is 10.3 Å². The summed E-state index contributed by atoms with van der Waals surface area (Å²) in [5.41, 5.74) is 9.52. The summed E-state index contributed by atoms with van der Waals surface area (Å²) in [5, 5.41) is 3.43. The molecule has 0 unspecified atom stereocenters. The highest BCUT2D eigenvalue weighted by Gasteiger charge is 2.38. The summed E-state index contributed by atoms with van der Waals surface area (Å²) in [5.74, 6) is -2.26. The maximum Gasteiger partial charge on any atom is 0.471 e. The fraction of sp³-hybridized carbons (Fsp3) is 0.250. The van der Waals surface area contributed by atoms with Gasteiger partial charge in [-0.1, -0.05) is 43.3 Å². The molecule has 0 saturated heterocycles. The molecule has 0 spiro atoms. The van der Waals surface area contributed by atoms with Gasteiger partial charge in [0, 0.05) is 11.1 Å². The zero-order valence-corrected chi connectivity index (χ0v) is 15.3. The van der Waals surface area contributed by atoms with Crippen LogP contribution in [-0.4, -0.2) is 16.0 Å². The largest absolute Gasteiger partial charge is 0.471 e. The van der Waals surface area contributed by atoms with Crippen molar-refractivity contribution in [2.24, 2.45) is 5.73 Å². The summed E-state index contributed by atoms with van der Waals surface area (Å²) in [7, 11) is 0. The van der Waals surface area contributed by atoms with E-state index in [2.05, 4.69) is 14.7 Å². The van der Waals surface area contributed by atoms with Crippen LogP contribution in [0.2, 0.25) is 0 Å². The molecule has 2 N–H and O–H groups in total. The van der Waals surface area contributed by atoms with E-state index in [4.69, 9.17) is 5.73 Å². The monoisotopic (exact) mass is 389 g/mol. The molecule has 0 radical (unpaired) electrons. The van der Waals surface area contributed by atoms with E-state index < -0.39 is 18.0 Å². The third kappa shape index (κ3) is 3.62. The number of hydrogen-bond acceptors (Lipinski definition) is 4. The van der Waals surface area contributed by atoms with Crippen LogP contribution < -0.4 is 5.73 Å². The van der Waals surface area contributed by atoms with Crippen molar-refractivity contribution in [2.45, 2.75) is 32.9 Å². The Bertz CT molecular complexity index is 1000. The Labute approximate surface area is 159 Å². The lowest BCUT2D eigenvalue weighted by Crippen LogP contribution is -2.13. The first-order chi connectivity index (χ1) is 13.3. The molecule has 1 amide bonds. The second kappa shape index (κ2) is 7.46. The maximum absolute atomic E-state index is 12.8. The Morgan fingerprint density at radius 1 is 1.11 bits per heavy atom. The molecular formula is C20H18F3N3O2. The van der Waals surface area contributed by atoms with E-state index in [-0.39, 0.29) is 11.4 Å². The lowest BCUT2D eigenvalue weighted by molar-refractivity contribution is -0.159. The number of nitrogens with zero attached hydrogens (tertiary/aromatic N) is 2. The fourth-order valence-corrected chi connectivity index (χ4v) is 3.15. The topological polar surface area (TPSA) is 82.0 Å². The quantitative estimate of drug-likeness (QED) is 0.689. The van der Waals surface area contributed by atoms with Crippen molar-refractivity contribution >= 4 is 5.91 Å². The molecule has 3 rings (SSSR count). The Morgan fingerprint density at radius 2 is 1.75 bits per heavy atom. The average Bonchev–Trinajstić information content (AvgIpc) is 3.17. The summed E-state index contributed by atoms with van der Waals surface area (Å²) < 4.78 is 42.6. The molecule has 0 fully saturated rings. The van der Waals surface area contributed by atoms with E-state index in [0.717, 1.165) is 16.7 Å². The van der Waals surface area contributed by atoms with Gasteiger partial charge in [0.05, 0.1) is 0 Å². The van der Waals surface area contributed by atoms with Gasteiger partial charge in [-0.2, -0.15) is 18.2 Å². The molecule has 1 aromatic heterocycles. The standard InChI is InChI=1S/C20H18F3N3O2/c1-3-11-6-5-7-12(4-2)16(11)15-10-13(8-9-14(15)17(24)27)18-25-19(28-26-18)20(21,22)23/h5-10H,3-4H2,1-2H3,(H2,24,27). The second-order valence-electron chi connectivity index (χ2n) is 6.20. The highest BCUT2D eigenvalue weighted by molar-refractivity contribution is 6.01. The molecule has 2 aromatic carbocycles. The van der Waals surface area contributed by atoms with Crippen LogP contribution in [0.3, 0.4) is 0 Å². The van der Waals surface area contributed by atoms with Gasteiger partial charge in [-0.15, -0.1) is 0 Å². The van der Waals surface area contributed by atoms with Crippen molar-refractivity contribution in [2.75, 3.05) is 0 Å². The number of carbonyl (C=O) groups is 1. The first-order valence-electron chi connectivity index (χ1n) is 8.72. The lowest BCUT2D eigenvalue weighted by Gasteiger charge is -2.16. The number of aryl methyl sites for hydroxylation is 2. The Morgan fingerprint density at radius 3 is 2.25 bits per heavy atom. The normalized spacial score (nSPS) is 11.6. The van der Waals surface area contributed by atoms with Gasteiger partial charge in [0.1, 0.15) is 0 Å². The fourth-order valence-electron chi connectivity index (χ4n) is 3.15. The van der Waals surface area contributed by atoms with Crippen LogP contribution in [0.25, 0.3) is 22.5 Å². The first kappa shape index (κ1) is 19.6. The number of hydrogen-bond donors (Lipinski definition) is 1. The van der Waals surface area contributed by atoms with Gasteiger partial charge in [0.25, 0.3) is 0 Å². The van der Waals surface area contributed by atoms with Gasteiger partial charge in [-0.05, 0) is 47.2 Å². The minimum Gasteiger partial charge on any atom is -0.366 e. The molecule has 0 aliphatic heterocycles. The van der Waals surface area contributed by atoms with Crippen LogP contribution in [0.1, 0.15) is 41.2 Å². The number of carbonyl (C=O) groups excluding carboxylic acids is 1. The van der Waals surface area contributed by atoms with E-state index in [1.54, 1.807) is 6.07 Å². The number of rotatable bonds is 5. The van der Waals surface area contributed by atoms with Crippen molar-refractivity contribution in [3.8, 4) is 22.5 Å². The van der Waals surface area contributed by atoms with E-state index in [0.29, 0.717) is 24.0 Å². The highest BCUT2D eigenvalue weighted by atomic mass is 19.4. The van der Waals surface area contributed by atoms with Crippen LogP contribution in [0.4, 0.5) is 13.2 Å². The van der Waals surface area contributed by atoms with Gasteiger partial charge in [0.15, 0.2) is 0 Å². The van der Waals surface area contributed by atoms with E-state index in [1.165, 1.54) is 12.1 Å². The predicted molar refractivity (Wildman–Crippen MR) is 97.4 cm³/mol. The summed E-state index contributed by atoms with van der Waals surface area (Å²) in [4.78, 5) is 15.4. The summed E-state index contributed by atoms with van der Waals surface area (Å²) >= 11 is 0. The predicted octanol–water partition coefficient (Wildman–Crippen LogP) is 4.65. The molecule has 5 nitrogen and oxygen atoms in total. The molecule has 0 aliphatic rings. The maximum atomic E-state index is 12.8. The molecule has 0 saturated carbocycles. The Kier molecular flexibility index (Phi) is 5.22. The van der Waals surface area contributed by atoms with Crippen molar-refractivity contribution in [3.63, 3.8) is 0 Å². The first-order valence-corrected chi connectivity index (χ1v) is 8.72. The number of halogens is 3. The number of nitrogens with two attached hydrogens (primary N) is 1. The van der Waals surface area contributed by atoms with Gasteiger partial charge in [-0.25, -0.2) is 0 Å². The minimum absolute atomic E-state index is 0.211. The van der Waals surface area contributed by atoms with Gasteiger partial charge >= 0.3 is 12.1 Å². The number of primary amides is 1. The summed E-state index contributed by atoms with van der Waals surface area (Å²) in [6.07, 6.45) is -3.30. The Hall–Kier alpha value is -3.16. The molecule has 3 aromatic rings. The lowest BCUT2D eigenvalue weighted by atomic mass is 9.88. The van der Waals surface area contributed by atoms with Crippen LogP contribution in [0, 0.1) is 0 Å². The second-order valence-corrected chi connectivity index (χ2v) is 6.20. The van der Waals surface area contributed by atoms with Gasteiger partial charge in [-0.3, -0.25) is 4.79 Å². The minimum atomic E-state index is -4.73. The number of amides is 1. The zero-order valence-electron chi connectivity index (χ0n) is 15.3. The SMILES string of the molecule is CCc1cccc(CC)c1-c1cc(-c2noc(C(F)(F)F)n2)ccc1C(N)=O. The third-order valence-corrected chi connectivity index (χ3v) is 4.48. The highest BCUT2D eigenvalue weighted by Crippen LogP contribution is 2.35. The van der Waals surface area contributed by atoms with E-state index in [1.807, 2.05) is 32.0 Å². The summed E-state index contributed by atoms with van der Waals surface area (Å²) in [6.45, 7) is 3.97. The van der Waals surface area contributed by atoms with Crippen molar-refractivity contribution < 1.29 is 22.5 Å². The van der Waals surface area contributed by atoms with Gasteiger partial charge in [0.2, 0.25) is 11.7 Å². The molecule has 0 aliphatic carbocycles. The van der Waals surface area contributed by atoms with Crippen LogP contribution >= 0.6 is 0 Å². The zero-order chi connectivity index (χ0) is 20.5. The molecule has 8 heteroatoms. The molecule has 0 atom stereocenters. The molecule has 1 heterocycles. The molecule has 146 valence electrons. The number of benzene rings is 2. The van der Waals surface area contributed by atoms with Crippen LogP contribution in [0.5, 0.6) is 0 Å². The Balaban J connectivity index is 2.23. The molecule has 0 bridgehead atoms. The summed E-state index contributed by atoms with van der Waals surface area (Å²) in [6, 6.07) is 10.3. The number of aromatic nitrogens is 2. The number of alkyl halides is 3. The molecular weight excluding hydrogens is 371 g/mol. The van der Waals surface area contributed by atoms with Crippen LogP contribution in [0.15, 0.2) is 40.9 Å². The molecule has 28 heavy (non-hydrogen) atoms. The smallest absolute Gasteiger partial charge is 0.366 e. The van der Waals surface area contributed by atoms with E-state index >= 15 is 0 Å². The van der Waals surface area contributed by atoms with Crippen molar-refractivity contribution in [1.82, 2.24) is 10.1 Å². The average molecular weight is 389 g/mol. The van der Waals surface area contributed by atoms with Crippen molar-refractivity contribution in [3.05, 3.63) is 59.0 Å². The third-order valence-electron chi connectivity index (χ3n) is 4.48.